The van der Waals surface area contributed by atoms with E-state index in [1.54, 1.807) is 0 Å². The van der Waals surface area contributed by atoms with Crippen LogP contribution in [0.2, 0.25) is 5.02 Å². The number of nitrogens with zero attached hydrogens (tertiary/aromatic N) is 1. The number of anilines is 1. The van der Waals surface area contributed by atoms with Gasteiger partial charge < -0.3 is 10.1 Å². The van der Waals surface area contributed by atoms with Gasteiger partial charge in [-0.1, -0.05) is 35.9 Å². The first-order valence-corrected chi connectivity index (χ1v) is 8.12. The highest BCUT2D eigenvalue weighted by Gasteiger charge is 2.39. The number of benzene rings is 2. The van der Waals surface area contributed by atoms with Gasteiger partial charge in [-0.3, -0.25) is 9.69 Å². The highest BCUT2D eigenvalue weighted by molar-refractivity contribution is 6.30. The van der Waals surface area contributed by atoms with E-state index in [1.807, 2.05) is 48.5 Å². The number of amides is 1. The van der Waals surface area contributed by atoms with Gasteiger partial charge in [-0.2, -0.15) is 0 Å². The van der Waals surface area contributed by atoms with Crippen LogP contribution in [0.4, 0.5) is 5.69 Å². The predicted molar refractivity (Wildman–Crippen MR) is 89.8 cm³/mol. The first-order valence-electron chi connectivity index (χ1n) is 7.74. The Labute approximate surface area is 140 Å². The van der Waals surface area contributed by atoms with E-state index in [0.717, 1.165) is 23.5 Å². The largest absolute Gasteiger partial charge is 0.487 e. The molecule has 2 aromatic carbocycles. The maximum Gasteiger partial charge on any atom is 0.241 e. The number of likely N-dealkylation sites (tertiary alicyclic amines) is 1. The SMILES string of the molecule is O=C1Nc2ccccc2OC2CC1N(Cc1cccc(Cl)c1)C2. The van der Waals surface area contributed by atoms with Crippen LogP contribution in [-0.2, 0) is 11.3 Å². The molecule has 0 radical (unpaired) electrons. The van der Waals surface area contributed by atoms with Crippen LogP contribution in [0.25, 0.3) is 0 Å². The molecule has 1 amide bonds. The molecule has 2 aromatic rings. The number of fused-ring (bicyclic) bond motifs is 3. The fraction of sp³-hybridized carbons (Fsp3) is 0.278. The molecule has 4 rings (SSSR count). The summed E-state index contributed by atoms with van der Waals surface area (Å²) in [7, 11) is 0. The number of nitrogens with one attached hydrogen (secondary N) is 1. The number of para-hydroxylation sites is 2. The van der Waals surface area contributed by atoms with Gasteiger partial charge in [0.05, 0.1) is 11.7 Å². The minimum atomic E-state index is -0.174. The molecule has 0 aliphatic carbocycles. The maximum atomic E-state index is 12.6. The van der Waals surface area contributed by atoms with E-state index in [9.17, 15) is 4.79 Å². The van der Waals surface area contributed by atoms with Gasteiger partial charge in [0, 0.05) is 24.5 Å². The quantitative estimate of drug-likeness (QED) is 0.919. The zero-order chi connectivity index (χ0) is 15.8. The van der Waals surface area contributed by atoms with E-state index in [-0.39, 0.29) is 18.1 Å². The van der Waals surface area contributed by atoms with Crippen LogP contribution >= 0.6 is 11.6 Å². The lowest BCUT2D eigenvalue weighted by Gasteiger charge is -2.23. The van der Waals surface area contributed by atoms with Crippen molar-refractivity contribution in [3.05, 3.63) is 59.1 Å². The fourth-order valence-corrected chi connectivity index (χ4v) is 3.55. The third-order valence-corrected chi connectivity index (χ3v) is 4.62. The van der Waals surface area contributed by atoms with Crippen LogP contribution in [0, 0.1) is 0 Å². The van der Waals surface area contributed by atoms with Gasteiger partial charge in [0.2, 0.25) is 5.91 Å². The first-order chi connectivity index (χ1) is 11.2. The summed E-state index contributed by atoms with van der Waals surface area (Å²) in [5, 5.41) is 3.70. The van der Waals surface area contributed by atoms with Crippen molar-refractivity contribution >= 4 is 23.2 Å². The molecule has 0 saturated carbocycles. The standard InChI is InChI=1S/C18H17ClN2O2/c19-13-5-3-4-12(8-13)10-21-11-14-9-16(21)18(22)20-15-6-1-2-7-17(15)23-14/h1-8,14,16H,9-11H2,(H,20,22). The Balaban J connectivity index is 1.58. The molecule has 2 bridgehead atoms. The molecule has 2 atom stereocenters. The summed E-state index contributed by atoms with van der Waals surface area (Å²) in [6, 6.07) is 15.2. The molecule has 2 unspecified atom stereocenters. The van der Waals surface area contributed by atoms with Crippen LogP contribution in [0.3, 0.4) is 0 Å². The van der Waals surface area contributed by atoms with Crippen molar-refractivity contribution in [1.82, 2.24) is 4.90 Å². The van der Waals surface area contributed by atoms with Gasteiger partial charge in [-0.15, -0.1) is 0 Å². The highest BCUT2D eigenvalue weighted by Crippen LogP contribution is 2.33. The summed E-state index contributed by atoms with van der Waals surface area (Å²) in [6.07, 6.45) is 0.743. The van der Waals surface area contributed by atoms with Gasteiger partial charge in [0.1, 0.15) is 11.9 Å². The van der Waals surface area contributed by atoms with Crippen molar-refractivity contribution in [2.45, 2.75) is 25.1 Å². The third kappa shape index (κ3) is 2.92. The molecule has 1 N–H and O–H groups in total. The Kier molecular flexibility index (Phi) is 3.71. The number of halogens is 1. The fourth-order valence-electron chi connectivity index (χ4n) is 3.33. The lowest BCUT2D eigenvalue weighted by atomic mass is 10.1. The number of rotatable bonds is 2. The normalized spacial score (nSPS) is 23.4. The molecule has 1 fully saturated rings. The smallest absolute Gasteiger partial charge is 0.241 e. The molecule has 118 valence electrons. The van der Waals surface area contributed by atoms with Crippen molar-refractivity contribution < 1.29 is 9.53 Å². The number of hydrogen-bond donors (Lipinski definition) is 1. The molecule has 4 nitrogen and oxygen atoms in total. The topological polar surface area (TPSA) is 41.6 Å². The monoisotopic (exact) mass is 328 g/mol. The predicted octanol–water partition coefficient (Wildman–Crippen LogP) is 3.31. The second-order valence-electron chi connectivity index (χ2n) is 6.04. The maximum absolute atomic E-state index is 12.6. The number of ether oxygens (including phenoxy) is 1. The molecule has 5 heteroatoms. The number of carbonyl (C=O) groups excluding carboxylic acids is 1. The highest BCUT2D eigenvalue weighted by atomic mass is 35.5. The van der Waals surface area contributed by atoms with E-state index in [1.165, 1.54) is 0 Å². The molecular formula is C18H17ClN2O2. The molecule has 1 saturated heterocycles. The van der Waals surface area contributed by atoms with Crippen molar-refractivity contribution in [1.29, 1.82) is 0 Å². The van der Waals surface area contributed by atoms with Crippen molar-refractivity contribution in [3.63, 3.8) is 0 Å². The zero-order valence-electron chi connectivity index (χ0n) is 12.5. The molecule has 23 heavy (non-hydrogen) atoms. The van der Waals surface area contributed by atoms with Gasteiger partial charge in [0.25, 0.3) is 0 Å². The minimum absolute atomic E-state index is 0.0327. The average molecular weight is 329 g/mol. The van der Waals surface area contributed by atoms with Gasteiger partial charge in [-0.25, -0.2) is 0 Å². The van der Waals surface area contributed by atoms with Gasteiger partial charge in [0.15, 0.2) is 0 Å². The van der Waals surface area contributed by atoms with Crippen LogP contribution in [-0.4, -0.2) is 29.5 Å². The molecular weight excluding hydrogens is 312 g/mol. The molecule has 0 spiro atoms. The lowest BCUT2D eigenvalue weighted by molar-refractivity contribution is -0.120. The van der Waals surface area contributed by atoms with E-state index < -0.39 is 0 Å². The van der Waals surface area contributed by atoms with Gasteiger partial charge in [-0.05, 0) is 29.8 Å². The molecule has 0 aromatic heterocycles. The lowest BCUT2D eigenvalue weighted by Crippen LogP contribution is -2.39. The second kappa shape index (κ2) is 5.87. The van der Waals surface area contributed by atoms with E-state index in [0.29, 0.717) is 18.0 Å². The average Bonchev–Trinajstić information content (AvgIpc) is 2.92. The van der Waals surface area contributed by atoms with E-state index in [2.05, 4.69) is 10.2 Å². The van der Waals surface area contributed by atoms with Crippen LogP contribution in [0.1, 0.15) is 12.0 Å². The Bertz CT molecular complexity index is 749. The Morgan fingerprint density at radius 3 is 2.96 bits per heavy atom. The summed E-state index contributed by atoms with van der Waals surface area (Å²) in [6.45, 7) is 1.42. The summed E-state index contributed by atoms with van der Waals surface area (Å²) < 4.78 is 6.09. The van der Waals surface area contributed by atoms with Crippen LogP contribution in [0.15, 0.2) is 48.5 Å². The third-order valence-electron chi connectivity index (χ3n) is 4.38. The molecule has 2 heterocycles. The van der Waals surface area contributed by atoms with Crippen LogP contribution < -0.4 is 10.1 Å². The zero-order valence-corrected chi connectivity index (χ0v) is 13.3. The van der Waals surface area contributed by atoms with Crippen LogP contribution in [0.5, 0.6) is 5.75 Å². The Morgan fingerprint density at radius 1 is 1.22 bits per heavy atom. The van der Waals surface area contributed by atoms with Crippen molar-refractivity contribution in [2.24, 2.45) is 0 Å². The summed E-state index contributed by atoms with van der Waals surface area (Å²) in [5.41, 5.74) is 1.85. The minimum Gasteiger partial charge on any atom is -0.487 e. The van der Waals surface area contributed by atoms with Gasteiger partial charge >= 0.3 is 0 Å². The van der Waals surface area contributed by atoms with E-state index >= 15 is 0 Å². The van der Waals surface area contributed by atoms with Crippen molar-refractivity contribution in [2.75, 3.05) is 11.9 Å². The summed E-state index contributed by atoms with van der Waals surface area (Å²) in [5.74, 6) is 0.777. The molecule has 2 aliphatic rings. The Hall–Kier alpha value is -2.04. The first kappa shape index (κ1) is 14.5. The summed E-state index contributed by atoms with van der Waals surface area (Å²) in [4.78, 5) is 14.8. The number of hydrogen-bond acceptors (Lipinski definition) is 3. The molecule has 2 aliphatic heterocycles. The number of carbonyl (C=O) groups is 1. The Morgan fingerprint density at radius 2 is 2.09 bits per heavy atom. The van der Waals surface area contributed by atoms with E-state index in [4.69, 9.17) is 16.3 Å². The summed E-state index contributed by atoms with van der Waals surface area (Å²) >= 11 is 6.06. The van der Waals surface area contributed by atoms with Crippen molar-refractivity contribution in [3.8, 4) is 5.75 Å². The second-order valence-corrected chi connectivity index (χ2v) is 6.47.